The second kappa shape index (κ2) is 4.68. The molecule has 0 saturated heterocycles. The maximum atomic E-state index is 8.59. The summed E-state index contributed by atoms with van der Waals surface area (Å²) in [5.41, 5.74) is 7.15. The third kappa shape index (κ3) is 2.62. The molecule has 0 aliphatic rings. The van der Waals surface area contributed by atoms with E-state index in [1.54, 1.807) is 18.2 Å². The van der Waals surface area contributed by atoms with Gasteiger partial charge in [0.15, 0.2) is 5.69 Å². The molecule has 0 atom stereocenters. The average Bonchev–Trinajstić information content (AvgIpc) is 2.35. The van der Waals surface area contributed by atoms with Crippen molar-refractivity contribution < 1.29 is 0 Å². The maximum Gasteiger partial charge on any atom is 0.158 e. The van der Waals surface area contributed by atoms with Crippen molar-refractivity contribution in [1.29, 1.82) is 5.26 Å². The van der Waals surface area contributed by atoms with Crippen molar-refractivity contribution in [2.24, 2.45) is 0 Å². The van der Waals surface area contributed by atoms with Gasteiger partial charge in [0.25, 0.3) is 0 Å². The lowest BCUT2D eigenvalue weighted by atomic mass is 10.3. The molecule has 0 amide bonds. The van der Waals surface area contributed by atoms with E-state index in [2.05, 4.69) is 15.3 Å². The van der Waals surface area contributed by atoms with Crippen molar-refractivity contribution in [3.8, 4) is 6.07 Å². The average molecular weight is 246 g/mol. The maximum absolute atomic E-state index is 8.59. The number of nitriles is 1. The summed E-state index contributed by atoms with van der Waals surface area (Å²) in [5, 5.41) is 12.1. The van der Waals surface area contributed by atoms with Crippen LogP contribution in [-0.4, -0.2) is 9.97 Å². The predicted octanol–water partition coefficient (Wildman–Crippen LogP) is 2.33. The van der Waals surface area contributed by atoms with Crippen LogP contribution in [0.25, 0.3) is 0 Å². The first-order chi connectivity index (χ1) is 8.19. The number of benzene rings is 1. The zero-order valence-electron chi connectivity index (χ0n) is 8.68. The quantitative estimate of drug-likeness (QED) is 0.793. The molecule has 0 bridgehead atoms. The van der Waals surface area contributed by atoms with Gasteiger partial charge < -0.3 is 11.1 Å². The SMILES string of the molecule is N#Cc1cnc(Nc2cc(N)ccc2Cl)cn1. The summed E-state index contributed by atoms with van der Waals surface area (Å²) in [6, 6.07) is 6.98. The van der Waals surface area contributed by atoms with Crippen molar-refractivity contribution in [2.45, 2.75) is 0 Å². The highest BCUT2D eigenvalue weighted by atomic mass is 35.5. The molecule has 1 aromatic carbocycles. The van der Waals surface area contributed by atoms with Crippen molar-refractivity contribution in [3.05, 3.63) is 41.3 Å². The van der Waals surface area contributed by atoms with E-state index in [0.717, 1.165) is 0 Å². The van der Waals surface area contributed by atoms with Crippen LogP contribution in [0.2, 0.25) is 5.02 Å². The molecule has 0 fully saturated rings. The van der Waals surface area contributed by atoms with Crippen LogP contribution in [0, 0.1) is 11.3 Å². The first kappa shape index (κ1) is 11.2. The van der Waals surface area contributed by atoms with Gasteiger partial charge in [-0.2, -0.15) is 5.26 Å². The van der Waals surface area contributed by atoms with Gasteiger partial charge in [0, 0.05) is 5.69 Å². The van der Waals surface area contributed by atoms with Gasteiger partial charge in [0.05, 0.1) is 23.1 Å². The molecule has 0 radical (unpaired) electrons. The Morgan fingerprint density at radius 2 is 2.12 bits per heavy atom. The summed E-state index contributed by atoms with van der Waals surface area (Å²) in [7, 11) is 0. The lowest BCUT2D eigenvalue weighted by Gasteiger charge is -2.07. The van der Waals surface area contributed by atoms with Crippen molar-refractivity contribution in [3.63, 3.8) is 0 Å². The molecule has 6 heteroatoms. The molecule has 0 unspecified atom stereocenters. The minimum absolute atomic E-state index is 0.259. The molecule has 5 nitrogen and oxygen atoms in total. The number of nitrogen functional groups attached to an aromatic ring is 1. The smallest absolute Gasteiger partial charge is 0.158 e. The molecule has 0 spiro atoms. The van der Waals surface area contributed by atoms with Crippen LogP contribution in [0.5, 0.6) is 0 Å². The van der Waals surface area contributed by atoms with Crippen LogP contribution in [0.3, 0.4) is 0 Å². The van der Waals surface area contributed by atoms with Gasteiger partial charge in [-0.15, -0.1) is 0 Å². The molecule has 0 aliphatic carbocycles. The number of nitrogens with one attached hydrogen (secondary N) is 1. The first-order valence-electron chi connectivity index (χ1n) is 4.73. The summed E-state index contributed by atoms with van der Waals surface area (Å²) < 4.78 is 0. The molecule has 1 aromatic heterocycles. The second-order valence-corrected chi connectivity index (χ2v) is 3.67. The number of aromatic nitrogens is 2. The van der Waals surface area contributed by atoms with Gasteiger partial charge in [-0.25, -0.2) is 9.97 Å². The van der Waals surface area contributed by atoms with E-state index in [4.69, 9.17) is 22.6 Å². The van der Waals surface area contributed by atoms with Crippen molar-refractivity contribution >= 4 is 28.8 Å². The Kier molecular flexibility index (Phi) is 3.08. The molecule has 2 rings (SSSR count). The molecule has 84 valence electrons. The number of hydrogen-bond acceptors (Lipinski definition) is 5. The first-order valence-corrected chi connectivity index (χ1v) is 5.11. The van der Waals surface area contributed by atoms with Crippen LogP contribution >= 0.6 is 11.6 Å². The van der Waals surface area contributed by atoms with Crippen molar-refractivity contribution in [2.75, 3.05) is 11.1 Å². The Morgan fingerprint density at radius 3 is 2.76 bits per heavy atom. The Balaban J connectivity index is 2.25. The molecule has 0 aliphatic heterocycles. The Bertz CT molecular complexity index is 573. The fraction of sp³-hybridized carbons (Fsp3) is 0. The van der Waals surface area contributed by atoms with Crippen LogP contribution in [0.1, 0.15) is 5.69 Å². The molecule has 1 heterocycles. The Hall–Kier alpha value is -2.32. The van der Waals surface area contributed by atoms with Crippen LogP contribution < -0.4 is 11.1 Å². The van der Waals surface area contributed by atoms with Gasteiger partial charge in [-0.05, 0) is 18.2 Å². The highest BCUT2D eigenvalue weighted by Gasteiger charge is 2.02. The van der Waals surface area contributed by atoms with Crippen LogP contribution in [-0.2, 0) is 0 Å². The summed E-state index contributed by atoms with van der Waals surface area (Å²) in [5.74, 6) is 0.497. The number of hydrogen-bond donors (Lipinski definition) is 2. The zero-order chi connectivity index (χ0) is 12.3. The van der Waals surface area contributed by atoms with E-state index in [9.17, 15) is 0 Å². The summed E-state index contributed by atoms with van der Waals surface area (Å²) >= 11 is 5.99. The lowest BCUT2D eigenvalue weighted by Crippen LogP contribution is -1.97. The standard InChI is InChI=1S/C11H8ClN5/c12-9-2-1-7(14)3-10(9)17-11-6-15-8(4-13)5-16-11/h1-3,5-6H,14H2,(H,16,17). The fourth-order valence-electron chi connectivity index (χ4n) is 1.23. The Labute approximate surface area is 103 Å². The van der Waals surface area contributed by atoms with E-state index < -0.39 is 0 Å². The van der Waals surface area contributed by atoms with Crippen molar-refractivity contribution in [1.82, 2.24) is 9.97 Å². The van der Waals surface area contributed by atoms with E-state index in [1.807, 2.05) is 6.07 Å². The minimum Gasteiger partial charge on any atom is -0.399 e. The second-order valence-electron chi connectivity index (χ2n) is 3.26. The summed E-state index contributed by atoms with van der Waals surface area (Å²) in [6.07, 6.45) is 2.83. The molecular formula is C11H8ClN5. The number of halogens is 1. The van der Waals surface area contributed by atoms with Gasteiger partial charge in [-0.3, -0.25) is 0 Å². The molecule has 2 aromatic rings. The monoisotopic (exact) mass is 245 g/mol. The third-order valence-corrected chi connectivity index (χ3v) is 2.35. The third-order valence-electron chi connectivity index (χ3n) is 2.02. The highest BCUT2D eigenvalue weighted by molar-refractivity contribution is 6.33. The minimum atomic E-state index is 0.259. The number of anilines is 3. The number of nitrogens with two attached hydrogens (primary N) is 1. The van der Waals surface area contributed by atoms with Crippen LogP contribution in [0.4, 0.5) is 17.2 Å². The zero-order valence-corrected chi connectivity index (χ0v) is 9.44. The van der Waals surface area contributed by atoms with E-state index in [0.29, 0.717) is 22.2 Å². The molecule has 3 N–H and O–H groups in total. The summed E-state index contributed by atoms with van der Waals surface area (Å²) in [6.45, 7) is 0. The van der Waals surface area contributed by atoms with E-state index in [-0.39, 0.29) is 5.69 Å². The lowest BCUT2D eigenvalue weighted by molar-refractivity contribution is 1.16. The molecular weight excluding hydrogens is 238 g/mol. The number of rotatable bonds is 2. The van der Waals surface area contributed by atoms with Crippen LogP contribution in [0.15, 0.2) is 30.6 Å². The van der Waals surface area contributed by atoms with Gasteiger partial charge >= 0.3 is 0 Å². The van der Waals surface area contributed by atoms with E-state index >= 15 is 0 Å². The molecule has 0 saturated carbocycles. The normalized spacial score (nSPS) is 9.65. The predicted molar refractivity (Wildman–Crippen MR) is 65.9 cm³/mol. The summed E-state index contributed by atoms with van der Waals surface area (Å²) in [4.78, 5) is 7.91. The topological polar surface area (TPSA) is 87.6 Å². The van der Waals surface area contributed by atoms with Gasteiger partial charge in [-0.1, -0.05) is 11.6 Å². The fourth-order valence-corrected chi connectivity index (χ4v) is 1.39. The highest BCUT2D eigenvalue weighted by Crippen LogP contribution is 2.26. The van der Waals surface area contributed by atoms with Gasteiger partial charge in [0.1, 0.15) is 11.9 Å². The largest absolute Gasteiger partial charge is 0.399 e. The van der Waals surface area contributed by atoms with E-state index in [1.165, 1.54) is 12.4 Å². The molecule has 17 heavy (non-hydrogen) atoms. The Morgan fingerprint density at radius 1 is 1.29 bits per heavy atom. The number of nitrogens with zero attached hydrogens (tertiary/aromatic N) is 3. The van der Waals surface area contributed by atoms with Gasteiger partial charge in [0.2, 0.25) is 0 Å².